The Morgan fingerprint density at radius 2 is 2.25 bits per heavy atom. The highest BCUT2D eigenvalue weighted by molar-refractivity contribution is 6.05. The third-order valence-electron chi connectivity index (χ3n) is 2.52. The van der Waals surface area contributed by atoms with Gasteiger partial charge in [-0.15, -0.1) is 0 Å². The zero-order chi connectivity index (χ0) is 11.7. The van der Waals surface area contributed by atoms with Gasteiger partial charge in [0.1, 0.15) is 5.82 Å². The number of nitrogens with zero attached hydrogens (tertiary/aromatic N) is 1. The molecule has 1 aliphatic heterocycles. The standard InChI is InChI=1S/C11H11FN2O2/c1-7-3-2-4-8(9(7)12)10(15)14-6-5-13-11(14)16/h2-4H,5-6H2,1H3,(H,13,16). The summed E-state index contributed by atoms with van der Waals surface area (Å²) in [5.74, 6) is -1.15. The molecular weight excluding hydrogens is 211 g/mol. The normalized spacial score (nSPS) is 15.1. The van der Waals surface area contributed by atoms with E-state index in [1.54, 1.807) is 19.1 Å². The van der Waals surface area contributed by atoms with E-state index in [9.17, 15) is 14.0 Å². The van der Waals surface area contributed by atoms with Crippen LogP contribution < -0.4 is 5.32 Å². The zero-order valence-electron chi connectivity index (χ0n) is 8.79. The van der Waals surface area contributed by atoms with Crippen molar-refractivity contribution in [3.63, 3.8) is 0 Å². The number of nitrogens with one attached hydrogen (secondary N) is 1. The molecule has 84 valence electrons. The minimum atomic E-state index is -0.587. The van der Waals surface area contributed by atoms with Crippen LogP contribution in [0.1, 0.15) is 15.9 Å². The SMILES string of the molecule is Cc1cccc(C(=O)N2CCNC2=O)c1F. The monoisotopic (exact) mass is 222 g/mol. The van der Waals surface area contributed by atoms with Crippen LogP contribution in [0.25, 0.3) is 0 Å². The fraction of sp³-hybridized carbons (Fsp3) is 0.273. The topological polar surface area (TPSA) is 49.4 Å². The molecule has 2 rings (SSSR count). The summed E-state index contributed by atoms with van der Waals surface area (Å²) in [5, 5.41) is 2.50. The molecule has 0 aromatic heterocycles. The third-order valence-corrected chi connectivity index (χ3v) is 2.52. The van der Waals surface area contributed by atoms with Gasteiger partial charge in [0.15, 0.2) is 0 Å². The van der Waals surface area contributed by atoms with Crippen LogP contribution in [0.15, 0.2) is 18.2 Å². The Morgan fingerprint density at radius 3 is 2.88 bits per heavy atom. The van der Waals surface area contributed by atoms with Crippen LogP contribution in [0, 0.1) is 12.7 Å². The van der Waals surface area contributed by atoms with Gasteiger partial charge < -0.3 is 5.32 Å². The van der Waals surface area contributed by atoms with Gasteiger partial charge in [-0.1, -0.05) is 12.1 Å². The van der Waals surface area contributed by atoms with Crippen molar-refractivity contribution in [3.05, 3.63) is 35.1 Å². The van der Waals surface area contributed by atoms with E-state index in [1.807, 2.05) is 0 Å². The summed E-state index contributed by atoms with van der Waals surface area (Å²) in [7, 11) is 0. The summed E-state index contributed by atoms with van der Waals surface area (Å²) >= 11 is 0. The molecule has 1 aromatic carbocycles. The van der Waals surface area contributed by atoms with Crippen LogP contribution in [-0.4, -0.2) is 29.9 Å². The summed E-state index contributed by atoms with van der Waals surface area (Å²) in [6.07, 6.45) is 0. The summed E-state index contributed by atoms with van der Waals surface area (Å²) in [6.45, 7) is 2.28. The van der Waals surface area contributed by atoms with Crippen LogP contribution in [0.4, 0.5) is 9.18 Å². The fourth-order valence-corrected chi connectivity index (χ4v) is 1.62. The van der Waals surface area contributed by atoms with Gasteiger partial charge in [-0.2, -0.15) is 0 Å². The van der Waals surface area contributed by atoms with Crippen LogP contribution >= 0.6 is 0 Å². The van der Waals surface area contributed by atoms with E-state index in [2.05, 4.69) is 5.32 Å². The maximum atomic E-state index is 13.7. The quantitative estimate of drug-likeness (QED) is 0.778. The molecule has 4 nitrogen and oxygen atoms in total. The van der Waals surface area contributed by atoms with Crippen LogP contribution in [0.3, 0.4) is 0 Å². The molecule has 1 aliphatic rings. The Kier molecular flexibility index (Phi) is 2.60. The van der Waals surface area contributed by atoms with Gasteiger partial charge >= 0.3 is 6.03 Å². The number of hydrogen-bond donors (Lipinski definition) is 1. The highest BCUT2D eigenvalue weighted by atomic mass is 19.1. The number of urea groups is 1. The van der Waals surface area contributed by atoms with Gasteiger partial charge in [0.25, 0.3) is 5.91 Å². The first-order valence-electron chi connectivity index (χ1n) is 4.96. The van der Waals surface area contributed by atoms with Crippen LogP contribution in [0.5, 0.6) is 0 Å². The zero-order valence-corrected chi connectivity index (χ0v) is 8.79. The first-order valence-corrected chi connectivity index (χ1v) is 4.96. The largest absolute Gasteiger partial charge is 0.336 e. The lowest BCUT2D eigenvalue weighted by molar-refractivity contribution is 0.0824. The average Bonchev–Trinajstić information content (AvgIpc) is 2.68. The van der Waals surface area contributed by atoms with Crippen molar-refractivity contribution in [1.29, 1.82) is 0 Å². The van der Waals surface area contributed by atoms with Crippen molar-refractivity contribution in [3.8, 4) is 0 Å². The molecule has 0 spiro atoms. The molecule has 0 aliphatic carbocycles. The van der Waals surface area contributed by atoms with Crippen molar-refractivity contribution in [2.45, 2.75) is 6.92 Å². The number of hydrogen-bond acceptors (Lipinski definition) is 2. The second-order valence-electron chi connectivity index (χ2n) is 3.63. The number of amides is 3. The van der Waals surface area contributed by atoms with Crippen molar-refractivity contribution in [2.24, 2.45) is 0 Å². The number of aryl methyl sites for hydroxylation is 1. The first kappa shape index (κ1) is 10.6. The molecule has 3 amide bonds. The summed E-state index contributed by atoms with van der Waals surface area (Å²) in [6, 6.07) is 4.09. The summed E-state index contributed by atoms with van der Waals surface area (Å²) in [5.41, 5.74) is 0.336. The van der Waals surface area contributed by atoms with Crippen LogP contribution in [0.2, 0.25) is 0 Å². The number of halogens is 1. The predicted molar refractivity (Wildman–Crippen MR) is 55.6 cm³/mol. The molecule has 0 saturated carbocycles. The molecule has 1 saturated heterocycles. The molecule has 0 atom stereocenters. The second-order valence-corrected chi connectivity index (χ2v) is 3.63. The lowest BCUT2D eigenvalue weighted by Gasteiger charge is -2.13. The maximum Gasteiger partial charge on any atom is 0.324 e. The lowest BCUT2D eigenvalue weighted by Crippen LogP contribution is -2.34. The molecule has 16 heavy (non-hydrogen) atoms. The maximum absolute atomic E-state index is 13.7. The Bertz CT molecular complexity index is 459. The first-order chi connectivity index (χ1) is 7.61. The Labute approximate surface area is 92.0 Å². The third kappa shape index (κ3) is 1.64. The summed E-state index contributed by atoms with van der Waals surface area (Å²) in [4.78, 5) is 24.1. The molecule has 1 aromatic rings. The van der Waals surface area contributed by atoms with Crippen molar-refractivity contribution in [1.82, 2.24) is 10.2 Å². The van der Waals surface area contributed by atoms with E-state index in [1.165, 1.54) is 6.07 Å². The second kappa shape index (κ2) is 3.92. The van der Waals surface area contributed by atoms with E-state index in [-0.39, 0.29) is 12.1 Å². The van der Waals surface area contributed by atoms with Gasteiger partial charge in [0.05, 0.1) is 5.56 Å². The number of benzene rings is 1. The molecular formula is C11H11FN2O2. The molecule has 1 heterocycles. The minimum Gasteiger partial charge on any atom is -0.336 e. The Hall–Kier alpha value is -1.91. The van der Waals surface area contributed by atoms with E-state index in [0.29, 0.717) is 12.1 Å². The van der Waals surface area contributed by atoms with Crippen LogP contribution in [-0.2, 0) is 0 Å². The number of imide groups is 1. The Morgan fingerprint density at radius 1 is 1.50 bits per heavy atom. The van der Waals surface area contributed by atoms with Gasteiger partial charge in [-0.05, 0) is 18.6 Å². The van der Waals surface area contributed by atoms with Gasteiger partial charge in [0, 0.05) is 13.1 Å². The highest BCUT2D eigenvalue weighted by Gasteiger charge is 2.28. The molecule has 1 fully saturated rings. The van der Waals surface area contributed by atoms with Crippen molar-refractivity contribution >= 4 is 11.9 Å². The minimum absolute atomic E-state index is 0.0583. The predicted octanol–water partition coefficient (Wildman–Crippen LogP) is 1.30. The van der Waals surface area contributed by atoms with E-state index < -0.39 is 17.8 Å². The molecule has 0 unspecified atom stereocenters. The number of carbonyl (C=O) groups is 2. The fourth-order valence-electron chi connectivity index (χ4n) is 1.62. The highest BCUT2D eigenvalue weighted by Crippen LogP contribution is 2.15. The Balaban J connectivity index is 2.34. The number of rotatable bonds is 1. The van der Waals surface area contributed by atoms with E-state index >= 15 is 0 Å². The smallest absolute Gasteiger partial charge is 0.324 e. The molecule has 5 heteroatoms. The molecule has 0 bridgehead atoms. The van der Waals surface area contributed by atoms with Gasteiger partial charge in [0.2, 0.25) is 0 Å². The molecule has 0 radical (unpaired) electrons. The van der Waals surface area contributed by atoms with E-state index in [4.69, 9.17) is 0 Å². The average molecular weight is 222 g/mol. The molecule has 1 N–H and O–H groups in total. The van der Waals surface area contributed by atoms with Gasteiger partial charge in [-0.3, -0.25) is 9.69 Å². The van der Waals surface area contributed by atoms with Gasteiger partial charge in [-0.25, -0.2) is 9.18 Å². The van der Waals surface area contributed by atoms with Crippen molar-refractivity contribution in [2.75, 3.05) is 13.1 Å². The number of carbonyl (C=O) groups excluding carboxylic acids is 2. The van der Waals surface area contributed by atoms with Crippen molar-refractivity contribution < 1.29 is 14.0 Å². The van der Waals surface area contributed by atoms with E-state index in [0.717, 1.165) is 4.90 Å². The summed E-state index contributed by atoms with van der Waals surface area (Å²) < 4.78 is 13.7. The lowest BCUT2D eigenvalue weighted by atomic mass is 10.1.